The molecule has 2 aromatic carbocycles. The number of anilines is 4. The monoisotopic (exact) mass is 426 g/mol. The molecule has 146 valence electrons. The van der Waals surface area contributed by atoms with Crippen molar-refractivity contribution in [3.63, 3.8) is 0 Å². The second kappa shape index (κ2) is 7.61. The van der Waals surface area contributed by atoms with Crippen LogP contribution in [0.15, 0.2) is 42.7 Å². The molecule has 29 heavy (non-hydrogen) atoms. The second-order valence-electron chi connectivity index (χ2n) is 6.38. The van der Waals surface area contributed by atoms with Crippen LogP contribution in [0.2, 0.25) is 5.02 Å². The van der Waals surface area contributed by atoms with Crippen LogP contribution >= 0.6 is 22.9 Å². The average Bonchev–Trinajstić information content (AvgIpc) is 3.05. The minimum absolute atomic E-state index is 0.0647. The Morgan fingerprint density at radius 1 is 1.07 bits per heavy atom. The predicted molar refractivity (Wildman–Crippen MR) is 116 cm³/mol. The van der Waals surface area contributed by atoms with Gasteiger partial charge in [-0.25, -0.2) is 15.0 Å². The fraction of sp³-hybridized carbons (Fsp3) is 0.105. The molecule has 2 heterocycles. The Bertz CT molecular complexity index is 1240. The maximum Gasteiger partial charge on any atom is 0.353 e. The predicted octanol–water partition coefficient (Wildman–Crippen LogP) is 5.75. The van der Waals surface area contributed by atoms with Crippen molar-refractivity contribution >= 4 is 61.3 Å². The summed E-state index contributed by atoms with van der Waals surface area (Å²) in [4.78, 5) is 23.9. The van der Waals surface area contributed by atoms with Crippen molar-refractivity contribution in [1.29, 1.82) is 0 Å². The number of fused-ring (bicyclic) bond motifs is 1. The van der Waals surface area contributed by atoms with Crippen molar-refractivity contribution in [2.45, 2.75) is 13.8 Å². The fourth-order valence-electron chi connectivity index (χ4n) is 2.82. The van der Waals surface area contributed by atoms with Gasteiger partial charge >= 0.3 is 5.69 Å². The van der Waals surface area contributed by atoms with Crippen LogP contribution in [0.25, 0.3) is 10.2 Å². The lowest BCUT2D eigenvalue weighted by Gasteiger charge is -2.11. The number of thiazole rings is 1. The third-order valence-electron chi connectivity index (χ3n) is 4.22. The molecule has 8 nitrogen and oxygen atoms in total. The first-order valence-corrected chi connectivity index (χ1v) is 9.77. The minimum Gasteiger partial charge on any atom is -0.334 e. The van der Waals surface area contributed by atoms with Crippen LogP contribution in [0.3, 0.4) is 0 Å². The topological polar surface area (TPSA) is 106 Å². The zero-order valence-electron chi connectivity index (χ0n) is 15.4. The van der Waals surface area contributed by atoms with E-state index in [0.717, 1.165) is 21.3 Å². The molecular formula is C19H15ClN6O2S. The number of benzene rings is 2. The highest BCUT2D eigenvalue weighted by molar-refractivity contribution is 7.22. The molecule has 10 heteroatoms. The van der Waals surface area contributed by atoms with E-state index in [1.165, 1.54) is 17.7 Å². The minimum atomic E-state index is -0.520. The summed E-state index contributed by atoms with van der Waals surface area (Å²) in [5.41, 5.74) is 3.16. The third-order valence-corrected chi connectivity index (χ3v) is 5.38. The Morgan fingerprint density at radius 2 is 1.83 bits per heavy atom. The first kappa shape index (κ1) is 19.0. The van der Waals surface area contributed by atoms with Crippen molar-refractivity contribution in [3.8, 4) is 0 Å². The Balaban J connectivity index is 1.71. The van der Waals surface area contributed by atoms with Gasteiger partial charge in [0.05, 0.1) is 15.1 Å². The zero-order valence-corrected chi connectivity index (χ0v) is 17.0. The highest BCUT2D eigenvalue weighted by atomic mass is 35.5. The van der Waals surface area contributed by atoms with E-state index >= 15 is 0 Å². The van der Waals surface area contributed by atoms with Gasteiger partial charge in [-0.1, -0.05) is 29.0 Å². The zero-order chi connectivity index (χ0) is 20.5. The van der Waals surface area contributed by atoms with Crippen molar-refractivity contribution in [1.82, 2.24) is 15.0 Å². The van der Waals surface area contributed by atoms with E-state index in [-0.39, 0.29) is 17.3 Å². The molecule has 4 rings (SSSR count). The molecule has 0 aliphatic rings. The highest BCUT2D eigenvalue weighted by Gasteiger charge is 2.24. The number of nitrogens with zero attached hydrogens (tertiary/aromatic N) is 4. The van der Waals surface area contributed by atoms with Crippen molar-refractivity contribution < 1.29 is 4.92 Å². The molecule has 0 atom stereocenters. The number of halogens is 1. The third kappa shape index (κ3) is 3.96. The first-order valence-electron chi connectivity index (χ1n) is 8.57. The molecule has 0 fully saturated rings. The summed E-state index contributed by atoms with van der Waals surface area (Å²) in [5.74, 6) is 0.143. The van der Waals surface area contributed by atoms with Gasteiger partial charge in [-0.05, 0) is 55.3 Å². The molecular weight excluding hydrogens is 412 g/mol. The van der Waals surface area contributed by atoms with Gasteiger partial charge in [-0.15, -0.1) is 0 Å². The molecule has 0 spiro atoms. The van der Waals surface area contributed by atoms with Gasteiger partial charge < -0.3 is 10.6 Å². The molecule has 0 unspecified atom stereocenters. The lowest BCUT2D eigenvalue weighted by atomic mass is 10.2. The van der Waals surface area contributed by atoms with Crippen molar-refractivity contribution in [2.75, 3.05) is 10.6 Å². The Labute approximate surface area is 174 Å². The summed E-state index contributed by atoms with van der Waals surface area (Å²) in [7, 11) is 0. The first-order chi connectivity index (χ1) is 13.9. The number of aryl methyl sites for hydroxylation is 2. The molecule has 4 aromatic rings. The van der Waals surface area contributed by atoms with E-state index in [1.54, 1.807) is 18.2 Å². The molecule has 0 aliphatic heterocycles. The Kier molecular flexibility index (Phi) is 4.99. The van der Waals surface area contributed by atoms with Gasteiger partial charge in [-0.3, -0.25) is 10.1 Å². The van der Waals surface area contributed by atoms with Crippen LogP contribution in [-0.2, 0) is 0 Å². The normalized spacial score (nSPS) is 10.9. The molecule has 0 aliphatic carbocycles. The summed E-state index contributed by atoms with van der Waals surface area (Å²) in [6.45, 7) is 3.85. The van der Waals surface area contributed by atoms with Gasteiger partial charge in [-0.2, -0.15) is 0 Å². The average molecular weight is 427 g/mol. The van der Waals surface area contributed by atoms with Gasteiger partial charge in [0.15, 0.2) is 5.13 Å². The maximum atomic E-state index is 11.8. The molecule has 2 N–H and O–H groups in total. The van der Waals surface area contributed by atoms with Gasteiger partial charge in [0.1, 0.15) is 6.33 Å². The van der Waals surface area contributed by atoms with Crippen LogP contribution in [0.4, 0.5) is 28.1 Å². The van der Waals surface area contributed by atoms with E-state index in [9.17, 15) is 10.1 Å². The van der Waals surface area contributed by atoms with E-state index in [1.807, 2.05) is 32.0 Å². The lowest BCUT2D eigenvalue weighted by molar-refractivity contribution is -0.383. The molecule has 0 bridgehead atoms. The number of nitrogens with one attached hydrogen (secondary N) is 2. The van der Waals surface area contributed by atoms with E-state index < -0.39 is 4.92 Å². The Hall–Kier alpha value is -3.30. The molecule has 0 amide bonds. The van der Waals surface area contributed by atoms with Crippen LogP contribution in [-0.4, -0.2) is 19.9 Å². The largest absolute Gasteiger partial charge is 0.353 e. The van der Waals surface area contributed by atoms with E-state index in [2.05, 4.69) is 25.6 Å². The van der Waals surface area contributed by atoms with Gasteiger partial charge in [0.2, 0.25) is 11.6 Å². The molecule has 2 aromatic heterocycles. The summed E-state index contributed by atoms with van der Waals surface area (Å²) in [6, 6.07) is 11.1. The van der Waals surface area contributed by atoms with E-state index in [4.69, 9.17) is 11.6 Å². The van der Waals surface area contributed by atoms with Crippen molar-refractivity contribution in [3.05, 3.63) is 69.0 Å². The van der Waals surface area contributed by atoms with Gasteiger partial charge in [0.25, 0.3) is 0 Å². The molecule has 0 saturated carbocycles. The maximum absolute atomic E-state index is 11.8. The van der Waals surface area contributed by atoms with Crippen LogP contribution in [0.5, 0.6) is 0 Å². The van der Waals surface area contributed by atoms with Crippen LogP contribution in [0.1, 0.15) is 11.1 Å². The quantitative estimate of drug-likeness (QED) is 0.309. The number of rotatable bonds is 5. The van der Waals surface area contributed by atoms with Crippen molar-refractivity contribution in [2.24, 2.45) is 0 Å². The number of nitro groups is 1. The Morgan fingerprint density at radius 3 is 2.55 bits per heavy atom. The summed E-state index contributed by atoms with van der Waals surface area (Å²) in [5, 5.41) is 18.9. The summed E-state index contributed by atoms with van der Waals surface area (Å²) < 4.78 is 0.986. The number of hydrogen-bond donors (Lipinski definition) is 2. The van der Waals surface area contributed by atoms with Crippen LogP contribution in [0, 0.1) is 24.0 Å². The fourth-order valence-corrected chi connectivity index (χ4v) is 4.01. The lowest BCUT2D eigenvalue weighted by Crippen LogP contribution is -2.06. The second-order valence-corrected chi connectivity index (χ2v) is 7.84. The molecule has 0 radical (unpaired) electrons. The molecule has 0 saturated heterocycles. The standard InChI is InChI=1S/C19H15ClN6O2S/c1-10-3-5-14-15(7-10)29-19(24-14)25-18-16(26(27)28)17(21-9-22-18)23-13-6-4-12(20)8-11(13)2/h3-9H,1-2H3,(H2,21,22,23,24,25). The SMILES string of the molecule is Cc1ccc2nc(Nc3ncnc(Nc4ccc(Cl)cc4C)c3[N+](=O)[O-])sc2c1. The highest BCUT2D eigenvalue weighted by Crippen LogP contribution is 2.36. The summed E-state index contributed by atoms with van der Waals surface area (Å²) >= 11 is 7.38. The van der Waals surface area contributed by atoms with Gasteiger partial charge in [0, 0.05) is 10.7 Å². The smallest absolute Gasteiger partial charge is 0.334 e. The van der Waals surface area contributed by atoms with E-state index in [0.29, 0.717) is 15.8 Å². The van der Waals surface area contributed by atoms with Crippen LogP contribution < -0.4 is 10.6 Å². The summed E-state index contributed by atoms with van der Waals surface area (Å²) in [6.07, 6.45) is 1.26. The number of hydrogen-bond acceptors (Lipinski definition) is 8. The number of aromatic nitrogens is 3.